The van der Waals surface area contributed by atoms with Crippen molar-refractivity contribution < 1.29 is 9.13 Å². The maximum Gasteiger partial charge on any atom is 0.167 e. The molecule has 1 aromatic heterocycles. The molecule has 3 nitrogen and oxygen atoms in total. The minimum absolute atomic E-state index is 0.112. The summed E-state index contributed by atoms with van der Waals surface area (Å²) in [6.07, 6.45) is 5.77. The van der Waals surface area contributed by atoms with Crippen molar-refractivity contribution in [2.24, 2.45) is 11.1 Å². The molecule has 2 unspecified atom stereocenters. The number of benzene rings is 3. The Morgan fingerprint density at radius 1 is 1.06 bits per heavy atom. The fraction of sp³-hybridized carbons (Fsp3) is 0.259. The van der Waals surface area contributed by atoms with Crippen LogP contribution in [0.5, 0.6) is 5.75 Å². The molecule has 1 heterocycles. The van der Waals surface area contributed by atoms with Crippen molar-refractivity contribution >= 4 is 26.8 Å². The van der Waals surface area contributed by atoms with Gasteiger partial charge < -0.3 is 15.5 Å². The van der Waals surface area contributed by atoms with E-state index in [9.17, 15) is 4.39 Å². The number of hydrogen-bond acceptors (Lipinski definition) is 2. The van der Waals surface area contributed by atoms with Gasteiger partial charge in [-0.15, -0.1) is 0 Å². The van der Waals surface area contributed by atoms with Crippen molar-refractivity contribution in [2.75, 3.05) is 0 Å². The van der Waals surface area contributed by atoms with Crippen molar-refractivity contribution in [2.45, 2.75) is 38.3 Å². The van der Waals surface area contributed by atoms with Gasteiger partial charge >= 0.3 is 0 Å². The predicted octanol–water partition coefficient (Wildman–Crippen LogP) is 6.54. The lowest BCUT2D eigenvalue weighted by atomic mass is 9.89. The zero-order chi connectivity index (χ0) is 22.1. The van der Waals surface area contributed by atoms with E-state index >= 15 is 0 Å². The van der Waals surface area contributed by atoms with Gasteiger partial charge in [-0.2, -0.15) is 0 Å². The smallest absolute Gasteiger partial charge is 0.167 e. The van der Waals surface area contributed by atoms with E-state index in [-0.39, 0.29) is 17.3 Å². The maximum atomic E-state index is 15.0. The first-order valence-corrected chi connectivity index (χ1v) is 11.8. The van der Waals surface area contributed by atoms with E-state index in [4.69, 9.17) is 10.5 Å². The lowest BCUT2D eigenvalue weighted by Gasteiger charge is -2.17. The Morgan fingerprint density at radius 3 is 2.38 bits per heavy atom. The molecule has 0 amide bonds. The molecule has 3 N–H and O–H groups in total. The van der Waals surface area contributed by atoms with Crippen LogP contribution in [0.3, 0.4) is 0 Å². The summed E-state index contributed by atoms with van der Waals surface area (Å²) in [7, 11) is 0. The van der Waals surface area contributed by atoms with Gasteiger partial charge in [-0.1, -0.05) is 60.7 Å². The number of aryl methyl sites for hydroxylation is 1. The van der Waals surface area contributed by atoms with Crippen molar-refractivity contribution in [1.82, 2.24) is 4.98 Å². The molecule has 2 atom stereocenters. The third-order valence-corrected chi connectivity index (χ3v) is 7.29. The second-order valence-electron chi connectivity index (χ2n) is 8.84. The van der Waals surface area contributed by atoms with Gasteiger partial charge in [0.15, 0.2) is 11.6 Å². The predicted molar refractivity (Wildman–Crippen MR) is 130 cm³/mol. The number of nitrogens with one attached hydrogen (secondary N) is 1. The second kappa shape index (κ2) is 8.72. The van der Waals surface area contributed by atoms with Gasteiger partial charge in [0, 0.05) is 22.1 Å². The summed E-state index contributed by atoms with van der Waals surface area (Å²) in [4.78, 5) is 3.32. The molecule has 3 aromatic carbocycles. The van der Waals surface area contributed by atoms with Gasteiger partial charge in [0.25, 0.3) is 0 Å². The zero-order valence-electron chi connectivity index (χ0n) is 17.8. The molecule has 1 saturated carbocycles. The highest BCUT2D eigenvalue weighted by molar-refractivity contribution is 9.10. The van der Waals surface area contributed by atoms with Crippen molar-refractivity contribution in [3.63, 3.8) is 0 Å². The first-order valence-electron chi connectivity index (χ1n) is 11.0. The average molecular weight is 493 g/mol. The highest BCUT2D eigenvalue weighted by atomic mass is 79.9. The Bertz CT molecular complexity index is 1220. The molecule has 5 rings (SSSR count). The van der Waals surface area contributed by atoms with Crippen LogP contribution in [-0.4, -0.2) is 11.0 Å². The monoisotopic (exact) mass is 492 g/mol. The number of fused-ring (bicyclic) bond motifs is 1. The second-order valence-corrected chi connectivity index (χ2v) is 9.70. The normalized spacial score (nSPS) is 19.9. The van der Waals surface area contributed by atoms with E-state index in [1.807, 2.05) is 42.6 Å². The summed E-state index contributed by atoms with van der Waals surface area (Å²) < 4.78 is 21.7. The molecule has 0 bridgehead atoms. The van der Waals surface area contributed by atoms with Gasteiger partial charge in [-0.3, -0.25) is 0 Å². The molecule has 5 heteroatoms. The molecular formula is C27H26BrFN2O. The summed E-state index contributed by atoms with van der Waals surface area (Å²) >= 11 is 3.50. The van der Waals surface area contributed by atoms with E-state index in [2.05, 4.69) is 45.2 Å². The highest BCUT2D eigenvalue weighted by Gasteiger charge is 2.50. The average Bonchev–Trinajstić information content (AvgIpc) is 3.23. The number of H-pyrrole nitrogens is 1. The Hall–Kier alpha value is -2.63. The van der Waals surface area contributed by atoms with Crippen LogP contribution in [-0.2, 0) is 19.4 Å². The first-order chi connectivity index (χ1) is 15.6. The fourth-order valence-corrected chi connectivity index (χ4v) is 5.21. The summed E-state index contributed by atoms with van der Waals surface area (Å²) in [6, 6.07) is 22.0. The largest absolute Gasteiger partial charge is 0.485 e. The minimum Gasteiger partial charge on any atom is -0.485 e. The van der Waals surface area contributed by atoms with Crippen molar-refractivity contribution in [3.8, 4) is 5.75 Å². The van der Waals surface area contributed by atoms with Gasteiger partial charge in [0.1, 0.15) is 6.61 Å². The molecular weight excluding hydrogens is 467 g/mol. The molecule has 0 radical (unpaired) electrons. The minimum atomic E-state index is -0.358. The molecule has 0 saturated heterocycles. The Labute approximate surface area is 195 Å². The third kappa shape index (κ3) is 4.19. The molecule has 32 heavy (non-hydrogen) atoms. The number of rotatable bonds is 8. The van der Waals surface area contributed by atoms with E-state index in [0.717, 1.165) is 47.7 Å². The van der Waals surface area contributed by atoms with Crippen LogP contribution in [0.25, 0.3) is 10.9 Å². The molecule has 1 aliphatic carbocycles. The van der Waals surface area contributed by atoms with Gasteiger partial charge in [0.2, 0.25) is 0 Å². The molecule has 0 spiro atoms. The summed E-state index contributed by atoms with van der Waals surface area (Å²) in [5, 5.41) is 0.817. The molecule has 1 aliphatic rings. The number of nitrogens with two attached hydrogens (primary N) is 1. The van der Waals surface area contributed by atoms with Crippen LogP contribution in [0.15, 0.2) is 77.4 Å². The highest BCUT2D eigenvalue weighted by Crippen LogP contribution is 2.51. The molecule has 0 aliphatic heterocycles. The Balaban J connectivity index is 1.40. The van der Waals surface area contributed by atoms with Gasteiger partial charge in [-0.25, -0.2) is 4.39 Å². The molecule has 1 fully saturated rings. The van der Waals surface area contributed by atoms with Crippen LogP contribution < -0.4 is 10.5 Å². The summed E-state index contributed by atoms with van der Waals surface area (Å²) in [5.74, 6) is -0.0520. The van der Waals surface area contributed by atoms with E-state index < -0.39 is 0 Å². The lowest BCUT2D eigenvalue weighted by Crippen LogP contribution is -2.18. The topological polar surface area (TPSA) is 51.0 Å². The maximum absolute atomic E-state index is 15.0. The number of aromatic nitrogens is 1. The van der Waals surface area contributed by atoms with E-state index in [0.29, 0.717) is 16.8 Å². The van der Waals surface area contributed by atoms with E-state index in [1.54, 1.807) is 0 Å². The summed E-state index contributed by atoms with van der Waals surface area (Å²) in [6.45, 7) is 0.321. The lowest BCUT2D eigenvalue weighted by molar-refractivity contribution is 0.294. The number of halogens is 2. The quantitative estimate of drug-likeness (QED) is 0.293. The summed E-state index contributed by atoms with van der Waals surface area (Å²) in [5.41, 5.74) is 10.8. The Kier molecular flexibility index (Phi) is 5.78. The van der Waals surface area contributed by atoms with E-state index in [1.165, 1.54) is 11.6 Å². The Morgan fingerprint density at radius 2 is 1.72 bits per heavy atom. The first kappa shape index (κ1) is 21.2. The van der Waals surface area contributed by atoms with Gasteiger partial charge in [-0.05, 0) is 69.8 Å². The number of hydrogen-bond donors (Lipinski definition) is 2. The van der Waals surface area contributed by atoms with Crippen molar-refractivity contribution in [1.29, 1.82) is 0 Å². The number of aromatic amines is 1. The number of ether oxygens (including phenoxy) is 1. The van der Waals surface area contributed by atoms with Crippen LogP contribution in [0, 0.1) is 11.2 Å². The van der Waals surface area contributed by atoms with Crippen molar-refractivity contribution in [3.05, 3.63) is 99.9 Å². The SMILES string of the molecule is NC1CC1(CCc1c[nH]c2c(Br)cc(F)c(OCc3ccccc3)c12)Cc1ccccc1. The third-order valence-electron chi connectivity index (χ3n) is 6.67. The van der Waals surface area contributed by atoms with Gasteiger partial charge in [0.05, 0.1) is 5.52 Å². The molecule has 164 valence electrons. The van der Waals surface area contributed by atoms with Crippen LogP contribution >= 0.6 is 15.9 Å². The standard InChI is InChI=1S/C27H26BrFN2O/c28-21-13-22(29)26(32-17-19-9-5-2-6-10-19)24-20(16-31-25(21)24)11-12-27(15-23(27)30)14-18-7-3-1-4-8-18/h1-10,13,16,23,31H,11-12,14-15,17,30H2. The van der Waals surface area contributed by atoms with Crippen LogP contribution in [0.2, 0.25) is 0 Å². The van der Waals surface area contributed by atoms with Crippen LogP contribution in [0.4, 0.5) is 4.39 Å². The zero-order valence-corrected chi connectivity index (χ0v) is 19.4. The van der Waals surface area contributed by atoms with Crippen LogP contribution in [0.1, 0.15) is 29.5 Å². The molecule has 4 aromatic rings. The fourth-order valence-electron chi connectivity index (χ4n) is 4.69.